The van der Waals surface area contributed by atoms with Gasteiger partial charge in [-0.2, -0.15) is 32.1 Å². The van der Waals surface area contributed by atoms with Gasteiger partial charge in [0.2, 0.25) is 5.91 Å². The minimum atomic E-state index is -5.03. The van der Waals surface area contributed by atoms with Gasteiger partial charge in [-0.25, -0.2) is 23.1 Å². The van der Waals surface area contributed by atoms with Crippen LogP contribution in [0.3, 0.4) is 0 Å². The number of alkyl halides is 5. The van der Waals surface area contributed by atoms with Gasteiger partial charge in [-0.05, 0) is 61.6 Å². The summed E-state index contributed by atoms with van der Waals surface area (Å²) in [6.45, 7) is 0.601. The number of hydrogen-bond donors (Lipinski definition) is 3. The smallest absolute Gasteiger partial charge is 0.397 e. The Morgan fingerprint density at radius 3 is 2.57 bits per heavy atom. The van der Waals surface area contributed by atoms with Crippen LogP contribution in [-0.4, -0.2) is 35.3 Å². The van der Waals surface area contributed by atoms with Crippen molar-refractivity contribution in [2.75, 3.05) is 5.73 Å². The second-order valence-electron chi connectivity index (χ2n) is 11.7. The molecule has 0 spiro atoms. The zero-order valence-electron chi connectivity index (χ0n) is 24.2. The molecule has 17 heteroatoms. The summed E-state index contributed by atoms with van der Waals surface area (Å²) in [5, 5.41) is 12.3. The second kappa shape index (κ2) is 10.4. The number of nitrogen functional groups attached to an aromatic ring is 1. The highest BCUT2D eigenvalue weighted by Crippen LogP contribution is 2.68. The van der Waals surface area contributed by atoms with Crippen molar-refractivity contribution in [2.45, 2.75) is 50.4 Å². The van der Waals surface area contributed by atoms with Crippen molar-refractivity contribution in [2.24, 2.45) is 5.92 Å². The third-order valence-electron chi connectivity index (χ3n) is 8.57. The van der Waals surface area contributed by atoms with E-state index in [1.165, 1.54) is 22.7 Å². The van der Waals surface area contributed by atoms with Crippen LogP contribution in [0.5, 0.6) is 0 Å². The number of hydrogen-bond acceptors (Lipinski definition) is 6. The molecule has 0 unspecified atom stereocenters. The average molecular weight is 661 g/mol. The van der Waals surface area contributed by atoms with Gasteiger partial charge in [-0.1, -0.05) is 0 Å². The van der Waals surface area contributed by atoms with E-state index in [-0.39, 0.29) is 29.8 Å². The molecule has 1 saturated carbocycles. The molecular formula is C30H23F7N8O2. The largest absolute Gasteiger partial charge is 0.435 e. The van der Waals surface area contributed by atoms with E-state index in [4.69, 9.17) is 5.73 Å². The summed E-state index contributed by atoms with van der Waals surface area (Å²) < 4.78 is 102. The molecule has 1 aromatic carbocycles. The number of H-pyrrole nitrogens is 1. The lowest BCUT2D eigenvalue weighted by atomic mass is 9.94. The maximum absolute atomic E-state index is 15.1. The Hall–Kier alpha value is -5.22. The lowest BCUT2D eigenvalue weighted by Crippen LogP contribution is -2.35. The van der Waals surface area contributed by atoms with E-state index in [9.17, 15) is 31.5 Å². The van der Waals surface area contributed by atoms with E-state index in [2.05, 4.69) is 25.6 Å². The first-order valence-corrected chi connectivity index (χ1v) is 14.3. The summed E-state index contributed by atoms with van der Waals surface area (Å²) >= 11 is 0. The molecule has 0 radical (unpaired) electrons. The van der Waals surface area contributed by atoms with Crippen molar-refractivity contribution in [1.82, 2.24) is 34.7 Å². The number of anilines is 1. The molecule has 4 N–H and O–H groups in total. The quantitative estimate of drug-likeness (QED) is 0.215. The number of fused-ring (bicyclic) bond motifs is 4. The van der Waals surface area contributed by atoms with Gasteiger partial charge < -0.3 is 11.1 Å². The third kappa shape index (κ3) is 5.09. The zero-order chi connectivity index (χ0) is 33.6. The van der Waals surface area contributed by atoms with E-state index in [1.807, 2.05) is 0 Å². The number of halogens is 7. The first-order valence-electron chi connectivity index (χ1n) is 14.3. The van der Waals surface area contributed by atoms with Crippen LogP contribution in [0.2, 0.25) is 0 Å². The standard InChI is InChI=1S/C30H23F7N8O2/c1-12-17(2-3-22-41-42-28(47)45(12)22)18-8-16(38)10-39-25(18)21(6-13-4-14(31)7-15(32)5-13)40-23(46)11-44-27-24(26(43-44)30(35,36)37)19-9-20(19)29(27,33)34/h2-5,7-8,10,19-21H,6,9,11,38H2,1H3,(H,40,46)(H,42,47)/t19-,20+,21-/m0/s1. The van der Waals surface area contributed by atoms with Crippen molar-refractivity contribution in [3.8, 4) is 11.1 Å². The molecule has 2 aliphatic carbocycles. The number of benzene rings is 1. The van der Waals surface area contributed by atoms with Gasteiger partial charge in [0.1, 0.15) is 23.9 Å². The number of nitrogens with one attached hydrogen (secondary N) is 2. The summed E-state index contributed by atoms with van der Waals surface area (Å²) in [6, 6.07) is 6.10. The van der Waals surface area contributed by atoms with Crippen LogP contribution in [0.15, 0.2) is 47.4 Å². The fourth-order valence-electron chi connectivity index (χ4n) is 6.56. The van der Waals surface area contributed by atoms with Gasteiger partial charge in [0.15, 0.2) is 11.3 Å². The van der Waals surface area contributed by atoms with Crippen molar-refractivity contribution in [1.29, 1.82) is 0 Å². The molecule has 4 heterocycles. The number of aromatic amines is 1. The first-order chi connectivity index (χ1) is 22.1. The molecule has 5 aromatic rings. The Balaban J connectivity index is 1.30. The summed E-state index contributed by atoms with van der Waals surface area (Å²) in [5.41, 5.74) is 4.25. The molecule has 1 amide bonds. The summed E-state index contributed by atoms with van der Waals surface area (Å²) in [6.07, 6.45) is -4.18. The van der Waals surface area contributed by atoms with Gasteiger partial charge in [0, 0.05) is 34.4 Å². The van der Waals surface area contributed by atoms with Gasteiger partial charge in [-0.3, -0.25) is 14.5 Å². The normalized spacial score (nSPS) is 18.6. The van der Waals surface area contributed by atoms with E-state index >= 15 is 8.78 Å². The van der Waals surface area contributed by atoms with Crippen molar-refractivity contribution >= 4 is 17.2 Å². The fourth-order valence-corrected chi connectivity index (χ4v) is 6.56. The molecule has 0 bridgehead atoms. The SMILES string of the molecule is Cc1c(-c2cc(N)cnc2[C@H](Cc2cc(F)cc(F)c2)NC(=O)Cn2nc(C(F)(F)F)c3c2C(F)(F)[C@@H]2C[C@H]32)ccc2n[nH]c(=O)n12. The van der Waals surface area contributed by atoms with Gasteiger partial charge in [0.25, 0.3) is 5.92 Å². The first kappa shape index (κ1) is 30.4. The van der Waals surface area contributed by atoms with Crippen LogP contribution in [0.25, 0.3) is 16.8 Å². The maximum Gasteiger partial charge on any atom is 0.435 e. The number of carbonyl (C=O) groups is 1. The molecule has 0 aliphatic heterocycles. The number of aromatic nitrogens is 6. The Morgan fingerprint density at radius 2 is 1.87 bits per heavy atom. The molecule has 4 aromatic heterocycles. The van der Waals surface area contributed by atoms with E-state index < -0.39 is 76.7 Å². The fraction of sp³-hybridized carbons (Fsp3) is 0.300. The number of rotatable bonds is 7. The Bertz CT molecular complexity index is 2130. The topological polar surface area (TPSA) is 136 Å². The maximum atomic E-state index is 15.1. The average Bonchev–Trinajstić information content (AvgIpc) is 3.46. The van der Waals surface area contributed by atoms with Crippen molar-refractivity contribution in [3.63, 3.8) is 0 Å². The van der Waals surface area contributed by atoms with Crippen LogP contribution < -0.4 is 16.7 Å². The highest BCUT2D eigenvalue weighted by molar-refractivity contribution is 5.78. The van der Waals surface area contributed by atoms with Crippen LogP contribution in [0.1, 0.15) is 52.3 Å². The van der Waals surface area contributed by atoms with E-state index in [1.54, 1.807) is 13.0 Å². The minimum absolute atomic E-state index is 0.0709. The highest BCUT2D eigenvalue weighted by Gasteiger charge is 2.68. The Morgan fingerprint density at radius 1 is 1.15 bits per heavy atom. The summed E-state index contributed by atoms with van der Waals surface area (Å²) in [4.78, 5) is 30.3. The predicted molar refractivity (Wildman–Crippen MR) is 151 cm³/mol. The molecule has 3 atom stereocenters. The Kier molecular flexibility index (Phi) is 6.73. The van der Waals surface area contributed by atoms with Crippen molar-refractivity contribution in [3.05, 3.63) is 98.6 Å². The molecule has 10 nitrogen and oxygen atoms in total. The van der Waals surface area contributed by atoms with Gasteiger partial charge in [-0.15, -0.1) is 0 Å². The van der Waals surface area contributed by atoms with Crippen LogP contribution in [0.4, 0.5) is 36.4 Å². The molecule has 0 saturated heterocycles. The summed E-state index contributed by atoms with van der Waals surface area (Å²) in [5.74, 6) is -8.78. The monoisotopic (exact) mass is 660 g/mol. The van der Waals surface area contributed by atoms with Gasteiger partial charge in [0.05, 0.1) is 23.6 Å². The highest BCUT2D eigenvalue weighted by atomic mass is 19.4. The number of pyridine rings is 2. The number of amides is 1. The van der Waals surface area contributed by atoms with E-state index in [0.29, 0.717) is 33.2 Å². The van der Waals surface area contributed by atoms with Crippen molar-refractivity contribution < 1.29 is 35.5 Å². The predicted octanol–water partition coefficient (Wildman–Crippen LogP) is 4.78. The number of nitrogens with zero attached hydrogens (tertiary/aromatic N) is 5. The summed E-state index contributed by atoms with van der Waals surface area (Å²) in [7, 11) is 0. The molecule has 7 rings (SSSR count). The number of aryl methyl sites for hydroxylation is 1. The molecule has 47 heavy (non-hydrogen) atoms. The minimum Gasteiger partial charge on any atom is -0.397 e. The number of nitrogens with two attached hydrogens (primary N) is 1. The third-order valence-corrected chi connectivity index (χ3v) is 8.57. The zero-order valence-corrected chi connectivity index (χ0v) is 24.2. The molecule has 2 aliphatic rings. The van der Waals surface area contributed by atoms with E-state index in [0.717, 1.165) is 12.1 Å². The lowest BCUT2D eigenvalue weighted by molar-refractivity contribution is -0.142. The molecule has 244 valence electrons. The number of carbonyl (C=O) groups excluding carboxylic acids is 1. The van der Waals surface area contributed by atoms with Crippen LogP contribution >= 0.6 is 0 Å². The van der Waals surface area contributed by atoms with Gasteiger partial charge >= 0.3 is 11.9 Å². The lowest BCUT2D eigenvalue weighted by Gasteiger charge is -2.23. The Labute approximate surface area is 259 Å². The second-order valence-corrected chi connectivity index (χ2v) is 11.7. The van der Waals surface area contributed by atoms with Crippen LogP contribution in [0, 0.1) is 24.5 Å². The molecular weight excluding hydrogens is 637 g/mol. The molecule has 1 fully saturated rings. The van der Waals surface area contributed by atoms with Crippen LogP contribution in [-0.2, 0) is 29.9 Å².